The van der Waals surface area contributed by atoms with Crippen molar-refractivity contribution in [3.05, 3.63) is 41.0 Å². The highest BCUT2D eigenvalue weighted by atomic mass is 32.2. The molecular formula is C17H17F3N4O2S2. The van der Waals surface area contributed by atoms with Gasteiger partial charge in [-0.2, -0.15) is 22.6 Å². The van der Waals surface area contributed by atoms with Crippen LogP contribution < -0.4 is 0 Å². The van der Waals surface area contributed by atoms with Gasteiger partial charge in [0.1, 0.15) is 0 Å². The van der Waals surface area contributed by atoms with E-state index in [4.69, 9.17) is 0 Å². The minimum Gasteiger partial charge on any atom is -0.228 e. The van der Waals surface area contributed by atoms with Crippen molar-refractivity contribution in [1.29, 1.82) is 0 Å². The number of sulfonamides is 1. The van der Waals surface area contributed by atoms with E-state index in [1.807, 2.05) is 0 Å². The Morgan fingerprint density at radius 3 is 2.68 bits per heavy atom. The SMILES string of the molecule is CS(=O)(=O)N1CCCC[C@@H]1c1cc2nc(-c3cccs3)cc(C(F)(F)F)n2n1. The maximum Gasteiger partial charge on any atom is 0.433 e. The normalized spacial score (nSPS) is 19.4. The Kier molecular flexibility index (Phi) is 4.71. The van der Waals surface area contributed by atoms with Crippen molar-refractivity contribution in [1.82, 2.24) is 18.9 Å². The summed E-state index contributed by atoms with van der Waals surface area (Å²) in [6.07, 6.45) is -1.51. The van der Waals surface area contributed by atoms with Gasteiger partial charge < -0.3 is 0 Å². The van der Waals surface area contributed by atoms with Crippen molar-refractivity contribution in [2.24, 2.45) is 0 Å². The number of alkyl halides is 3. The van der Waals surface area contributed by atoms with Gasteiger partial charge in [-0.05, 0) is 30.4 Å². The molecule has 11 heteroatoms. The van der Waals surface area contributed by atoms with E-state index in [0.29, 0.717) is 24.3 Å². The molecule has 0 bridgehead atoms. The Morgan fingerprint density at radius 2 is 2.04 bits per heavy atom. The topological polar surface area (TPSA) is 67.6 Å². The second-order valence-electron chi connectivity index (χ2n) is 6.73. The van der Waals surface area contributed by atoms with Crippen LogP contribution in [0.1, 0.15) is 36.7 Å². The number of rotatable bonds is 3. The second-order valence-corrected chi connectivity index (χ2v) is 9.61. The summed E-state index contributed by atoms with van der Waals surface area (Å²) in [5.74, 6) is 0. The van der Waals surface area contributed by atoms with Crippen LogP contribution >= 0.6 is 11.3 Å². The molecule has 1 fully saturated rings. The smallest absolute Gasteiger partial charge is 0.228 e. The van der Waals surface area contributed by atoms with Gasteiger partial charge >= 0.3 is 6.18 Å². The van der Waals surface area contributed by atoms with Crippen LogP contribution in [0.3, 0.4) is 0 Å². The van der Waals surface area contributed by atoms with Gasteiger partial charge in [-0.3, -0.25) is 0 Å². The molecule has 0 N–H and O–H groups in total. The summed E-state index contributed by atoms with van der Waals surface area (Å²) < 4.78 is 67.3. The fourth-order valence-electron chi connectivity index (χ4n) is 3.51. The summed E-state index contributed by atoms with van der Waals surface area (Å²) in [5, 5.41) is 5.89. The van der Waals surface area contributed by atoms with E-state index in [2.05, 4.69) is 10.1 Å². The summed E-state index contributed by atoms with van der Waals surface area (Å²) in [5.41, 5.74) is -0.391. The van der Waals surface area contributed by atoms with Crippen molar-refractivity contribution >= 4 is 27.0 Å². The predicted molar refractivity (Wildman–Crippen MR) is 99.4 cm³/mol. The first-order valence-corrected chi connectivity index (χ1v) is 11.4. The van der Waals surface area contributed by atoms with Gasteiger partial charge in [0.05, 0.1) is 28.6 Å². The number of hydrogen-bond acceptors (Lipinski definition) is 5. The number of hydrogen-bond donors (Lipinski definition) is 0. The molecule has 0 unspecified atom stereocenters. The molecular weight excluding hydrogens is 413 g/mol. The van der Waals surface area contributed by atoms with E-state index >= 15 is 0 Å². The molecule has 4 rings (SSSR count). The molecule has 150 valence electrons. The third kappa shape index (κ3) is 3.53. The molecule has 1 atom stereocenters. The van der Waals surface area contributed by atoms with E-state index < -0.39 is 27.9 Å². The van der Waals surface area contributed by atoms with E-state index in [9.17, 15) is 21.6 Å². The van der Waals surface area contributed by atoms with Gasteiger partial charge in [0, 0.05) is 12.6 Å². The Balaban J connectivity index is 1.88. The summed E-state index contributed by atoms with van der Waals surface area (Å²) in [7, 11) is -3.50. The van der Waals surface area contributed by atoms with E-state index in [1.54, 1.807) is 17.5 Å². The molecule has 3 aromatic heterocycles. The van der Waals surface area contributed by atoms with Crippen LogP contribution in [0.4, 0.5) is 13.2 Å². The van der Waals surface area contributed by atoms with Crippen LogP contribution in [0.5, 0.6) is 0 Å². The predicted octanol–water partition coefficient (Wildman–Crippen LogP) is 3.96. The molecule has 3 aromatic rings. The van der Waals surface area contributed by atoms with E-state index in [0.717, 1.165) is 23.3 Å². The number of thiophene rings is 1. The number of piperidine rings is 1. The van der Waals surface area contributed by atoms with Gasteiger partial charge in [0.15, 0.2) is 11.3 Å². The maximum absolute atomic E-state index is 13.7. The summed E-state index contributed by atoms with van der Waals surface area (Å²) in [6.45, 7) is 0.331. The van der Waals surface area contributed by atoms with Crippen LogP contribution in [0.2, 0.25) is 0 Å². The summed E-state index contributed by atoms with van der Waals surface area (Å²) in [4.78, 5) is 4.95. The van der Waals surface area contributed by atoms with Gasteiger partial charge in [-0.25, -0.2) is 17.9 Å². The monoisotopic (exact) mass is 430 g/mol. The lowest BCUT2D eigenvalue weighted by atomic mass is 10.0. The number of fused-ring (bicyclic) bond motifs is 1. The third-order valence-corrected chi connectivity index (χ3v) is 6.91. The molecule has 0 amide bonds. The molecule has 0 spiro atoms. The average Bonchev–Trinajstić information content (AvgIpc) is 3.28. The van der Waals surface area contributed by atoms with Crippen LogP contribution in [-0.4, -0.2) is 40.1 Å². The largest absolute Gasteiger partial charge is 0.433 e. The van der Waals surface area contributed by atoms with E-state index in [1.165, 1.54) is 21.7 Å². The lowest BCUT2D eigenvalue weighted by Crippen LogP contribution is -2.37. The Hall–Kier alpha value is -1.98. The lowest BCUT2D eigenvalue weighted by Gasteiger charge is -2.32. The fourth-order valence-corrected chi connectivity index (χ4v) is 5.33. The van der Waals surface area contributed by atoms with Crippen molar-refractivity contribution in [2.45, 2.75) is 31.5 Å². The van der Waals surface area contributed by atoms with Gasteiger partial charge in [-0.1, -0.05) is 12.5 Å². The molecule has 0 aliphatic carbocycles. The first kappa shape index (κ1) is 19.3. The summed E-state index contributed by atoms with van der Waals surface area (Å²) >= 11 is 1.30. The Morgan fingerprint density at radius 1 is 1.25 bits per heavy atom. The molecule has 6 nitrogen and oxygen atoms in total. The van der Waals surface area contributed by atoms with Crippen molar-refractivity contribution in [3.63, 3.8) is 0 Å². The third-order valence-electron chi connectivity index (χ3n) is 4.73. The van der Waals surface area contributed by atoms with Crippen LogP contribution in [0.25, 0.3) is 16.2 Å². The first-order chi connectivity index (χ1) is 13.1. The van der Waals surface area contributed by atoms with Crippen molar-refractivity contribution in [3.8, 4) is 10.6 Å². The van der Waals surface area contributed by atoms with Crippen LogP contribution in [0.15, 0.2) is 29.6 Å². The fraction of sp³-hybridized carbons (Fsp3) is 0.412. The van der Waals surface area contributed by atoms with Crippen LogP contribution in [0, 0.1) is 0 Å². The molecule has 4 heterocycles. The zero-order chi connectivity index (χ0) is 20.1. The van der Waals surface area contributed by atoms with Gasteiger partial charge in [-0.15, -0.1) is 11.3 Å². The zero-order valence-corrected chi connectivity index (χ0v) is 16.5. The Bertz CT molecular complexity index is 1110. The molecule has 0 aromatic carbocycles. The van der Waals surface area contributed by atoms with Crippen molar-refractivity contribution in [2.75, 3.05) is 12.8 Å². The molecule has 1 aliphatic rings. The molecule has 1 aliphatic heterocycles. The number of halogens is 3. The van der Waals surface area contributed by atoms with E-state index in [-0.39, 0.29) is 17.0 Å². The highest BCUT2D eigenvalue weighted by Gasteiger charge is 2.37. The van der Waals surface area contributed by atoms with Crippen LogP contribution in [-0.2, 0) is 16.2 Å². The van der Waals surface area contributed by atoms with Gasteiger partial charge in [0.2, 0.25) is 10.0 Å². The number of aromatic nitrogens is 3. The average molecular weight is 430 g/mol. The number of nitrogens with zero attached hydrogens (tertiary/aromatic N) is 4. The minimum absolute atomic E-state index is 0.0484. The molecule has 0 radical (unpaired) electrons. The highest BCUT2D eigenvalue weighted by molar-refractivity contribution is 7.88. The Labute approximate surface area is 163 Å². The molecule has 1 saturated heterocycles. The van der Waals surface area contributed by atoms with Crippen molar-refractivity contribution < 1.29 is 21.6 Å². The summed E-state index contributed by atoms with van der Waals surface area (Å²) in [6, 6.07) is 5.29. The molecule has 0 saturated carbocycles. The maximum atomic E-state index is 13.7. The quantitative estimate of drug-likeness (QED) is 0.631. The lowest BCUT2D eigenvalue weighted by molar-refractivity contribution is -0.142. The highest BCUT2D eigenvalue weighted by Crippen LogP contribution is 2.36. The van der Waals surface area contributed by atoms with Gasteiger partial charge in [0.25, 0.3) is 0 Å². The first-order valence-electron chi connectivity index (χ1n) is 8.63. The minimum atomic E-state index is -4.63. The second kappa shape index (κ2) is 6.82. The standard InChI is InChI=1S/C17H17F3N4O2S2/c1-28(25,26)23-7-3-2-5-13(23)11-10-16-21-12(14-6-4-8-27-14)9-15(17(18,19)20)24(16)22-11/h4,6,8-10,13H,2-3,5,7H2,1H3/t13-/m1/s1. The zero-order valence-electron chi connectivity index (χ0n) is 14.8. The molecule has 28 heavy (non-hydrogen) atoms.